The van der Waals surface area contributed by atoms with Crippen molar-refractivity contribution in [3.05, 3.63) is 11.9 Å². The van der Waals surface area contributed by atoms with Crippen LogP contribution in [0.2, 0.25) is 0 Å². The standard InChI is InChI=1S/C13H25N5/c1-4-14-9-13-10-18(16-15-13)8-7-17(3)11(2)12-5-6-12/h10-12,14H,4-9H2,1-3H3. The Balaban J connectivity index is 1.73. The lowest BCUT2D eigenvalue weighted by Crippen LogP contribution is -2.33. The van der Waals surface area contributed by atoms with Gasteiger partial charge in [0, 0.05) is 25.3 Å². The van der Waals surface area contributed by atoms with Gasteiger partial charge in [0.1, 0.15) is 0 Å². The van der Waals surface area contributed by atoms with E-state index in [0.717, 1.165) is 37.8 Å². The first-order valence-corrected chi connectivity index (χ1v) is 7.00. The smallest absolute Gasteiger partial charge is 0.0964 e. The van der Waals surface area contributed by atoms with Gasteiger partial charge in [0.05, 0.1) is 12.2 Å². The van der Waals surface area contributed by atoms with Crippen molar-refractivity contribution in [2.45, 2.75) is 45.8 Å². The second-order valence-corrected chi connectivity index (χ2v) is 5.31. The Kier molecular flexibility index (Phi) is 4.72. The van der Waals surface area contributed by atoms with Gasteiger partial charge >= 0.3 is 0 Å². The molecule has 1 N–H and O–H groups in total. The van der Waals surface area contributed by atoms with E-state index in [2.05, 4.69) is 41.4 Å². The molecule has 0 amide bonds. The summed E-state index contributed by atoms with van der Waals surface area (Å²) in [4.78, 5) is 2.43. The van der Waals surface area contributed by atoms with Crippen LogP contribution in [0.3, 0.4) is 0 Å². The van der Waals surface area contributed by atoms with Crippen molar-refractivity contribution in [2.24, 2.45) is 5.92 Å². The quantitative estimate of drug-likeness (QED) is 0.752. The van der Waals surface area contributed by atoms with Crippen molar-refractivity contribution in [1.82, 2.24) is 25.2 Å². The van der Waals surface area contributed by atoms with Crippen molar-refractivity contribution in [1.29, 1.82) is 0 Å². The molecular formula is C13H25N5. The van der Waals surface area contributed by atoms with Gasteiger partial charge in [-0.3, -0.25) is 4.68 Å². The Morgan fingerprint density at radius 3 is 3.00 bits per heavy atom. The number of hydrogen-bond donors (Lipinski definition) is 1. The zero-order valence-electron chi connectivity index (χ0n) is 11.8. The fourth-order valence-corrected chi connectivity index (χ4v) is 2.18. The van der Waals surface area contributed by atoms with E-state index in [9.17, 15) is 0 Å². The zero-order chi connectivity index (χ0) is 13.0. The Bertz CT molecular complexity index is 358. The molecule has 102 valence electrons. The van der Waals surface area contributed by atoms with Crippen LogP contribution in [0.15, 0.2) is 6.20 Å². The van der Waals surface area contributed by atoms with E-state index in [1.165, 1.54) is 12.8 Å². The number of nitrogens with zero attached hydrogens (tertiary/aromatic N) is 4. The summed E-state index contributed by atoms with van der Waals surface area (Å²) in [6, 6.07) is 0.703. The van der Waals surface area contributed by atoms with Gasteiger partial charge in [0.25, 0.3) is 0 Å². The third-order valence-corrected chi connectivity index (χ3v) is 3.82. The Morgan fingerprint density at radius 1 is 1.56 bits per heavy atom. The van der Waals surface area contributed by atoms with Crippen LogP contribution in [0, 0.1) is 5.92 Å². The van der Waals surface area contributed by atoms with Gasteiger partial charge in [-0.25, -0.2) is 0 Å². The molecule has 0 bridgehead atoms. The molecule has 5 nitrogen and oxygen atoms in total. The molecule has 1 saturated carbocycles. The molecule has 5 heteroatoms. The van der Waals surface area contributed by atoms with Crippen molar-refractivity contribution in [2.75, 3.05) is 20.1 Å². The topological polar surface area (TPSA) is 46.0 Å². The molecule has 1 aromatic heterocycles. The van der Waals surface area contributed by atoms with Gasteiger partial charge in [-0.1, -0.05) is 12.1 Å². The SMILES string of the molecule is CCNCc1cn(CCN(C)C(C)C2CC2)nn1. The van der Waals surface area contributed by atoms with Gasteiger partial charge in [0.15, 0.2) is 0 Å². The first-order valence-electron chi connectivity index (χ1n) is 7.00. The average molecular weight is 251 g/mol. The van der Waals surface area contributed by atoms with Crippen molar-refractivity contribution in [3.63, 3.8) is 0 Å². The van der Waals surface area contributed by atoms with E-state index in [1.54, 1.807) is 0 Å². The predicted octanol–water partition coefficient (Wildman–Crippen LogP) is 1.12. The molecule has 0 aliphatic heterocycles. The van der Waals surface area contributed by atoms with E-state index in [4.69, 9.17) is 0 Å². The number of aromatic nitrogens is 3. The lowest BCUT2D eigenvalue weighted by Gasteiger charge is -2.24. The van der Waals surface area contributed by atoms with E-state index in [1.807, 2.05) is 10.9 Å². The highest BCUT2D eigenvalue weighted by Crippen LogP contribution is 2.34. The first kappa shape index (κ1) is 13.5. The van der Waals surface area contributed by atoms with E-state index < -0.39 is 0 Å². The molecule has 0 aromatic carbocycles. The highest BCUT2D eigenvalue weighted by atomic mass is 15.4. The highest BCUT2D eigenvalue weighted by Gasteiger charge is 2.30. The Hall–Kier alpha value is -0.940. The number of rotatable bonds is 8. The Labute approximate surface area is 110 Å². The summed E-state index contributed by atoms with van der Waals surface area (Å²) in [6.07, 6.45) is 4.85. The summed E-state index contributed by atoms with van der Waals surface area (Å²) in [6.45, 7) is 8.17. The maximum atomic E-state index is 4.16. The molecule has 0 radical (unpaired) electrons. The van der Waals surface area contributed by atoms with Gasteiger partial charge in [-0.2, -0.15) is 0 Å². The third-order valence-electron chi connectivity index (χ3n) is 3.82. The second-order valence-electron chi connectivity index (χ2n) is 5.31. The number of likely N-dealkylation sites (N-methyl/N-ethyl adjacent to an activating group) is 1. The van der Waals surface area contributed by atoms with Crippen LogP contribution < -0.4 is 5.32 Å². The summed E-state index contributed by atoms with van der Waals surface area (Å²) in [5.74, 6) is 0.926. The third kappa shape index (κ3) is 3.78. The van der Waals surface area contributed by atoms with E-state index >= 15 is 0 Å². The van der Waals surface area contributed by atoms with Crippen LogP contribution in [-0.4, -0.2) is 46.1 Å². The van der Waals surface area contributed by atoms with Crippen LogP contribution >= 0.6 is 0 Å². The largest absolute Gasteiger partial charge is 0.311 e. The maximum Gasteiger partial charge on any atom is 0.0964 e. The summed E-state index contributed by atoms with van der Waals surface area (Å²) in [5.41, 5.74) is 1.02. The van der Waals surface area contributed by atoms with Crippen LogP contribution in [0.5, 0.6) is 0 Å². The van der Waals surface area contributed by atoms with Gasteiger partial charge in [-0.05, 0) is 39.3 Å². The maximum absolute atomic E-state index is 4.16. The molecule has 1 unspecified atom stereocenters. The Morgan fingerprint density at radius 2 is 2.33 bits per heavy atom. The van der Waals surface area contributed by atoms with Gasteiger partial charge in [-0.15, -0.1) is 5.10 Å². The molecule has 1 aliphatic rings. The number of hydrogen-bond acceptors (Lipinski definition) is 4. The molecule has 2 rings (SSSR count). The summed E-state index contributed by atoms with van der Waals surface area (Å²) in [5, 5.41) is 11.6. The molecule has 1 aliphatic carbocycles. The lowest BCUT2D eigenvalue weighted by molar-refractivity contribution is 0.222. The van der Waals surface area contributed by atoms with Crippen molar-refractivity contribution < 1.29 is 0 Å². The minimum absolute atomic E-state index is 0.703. The van der Waals surface area contributed by atoms with Crippen LogP contribution in [-0.2, 0) is 13.1 Å². The van der Waals surface area contributed by atoms with E-state index in [0.29, 0.717) is 6.04 Å². The molecule has 1 fully saturated rings. The van der Waals surface area contributed by atoms with Crippen molar-refractivity contribution >= 4 is 0 Å². The van der Waals surface area contributed by atoms with Crippen LogP contribution in [0.1, 0.15) is 32.4 Å². The minimum Gasteiger partial charge on any atom is -0.311 e. The molecule has 1 aromatic rings. The average Bonchev–Trinajstić information content (AvgIpc) is 3.13. The lowest BCUT2D eigenvalue weighted by atomic mass is 10.2. The molecule has 0 saturated heterocycles. The van der Waals surface area contributed by atoms with Crippen LogP contribution in [0.4, 0.5) is 0 Å². The summed E-state index contributed by atoms with van der Waals surface area (Å²) < 4.78 is 1.95. The monoisotopic (exact) mass is 251 g/mol. The summed E-state index contributed by atoms with van der Waals surface area (Å²) in [7, 11) is 2.21. The van der Waals surface area contributed by atoms with Crippen molar-refractivity contribution in [3.8, 4) is 0 Å². The van der Waals surface area contributed by atoms with Gasteiger partial charge in [0.2, 0.25) is 0 Å². The highest BCUT2D eigenvalue weighted by molar-refractivity contribution is 4.91. The zero-order valence-corrected chi connectivity index (χ0v) is 11.8. The molecule has 18 heavy (non-hydrogen) atoms. The van der Waals surface area contributed by atoms with Gasteiger partial charge < -0.3 is 10.2 Å². The fraction of sp³-hybridized carbons (Fsp3) is 0.846. The minimum atomic E-state index is 0.703. The molecular weight excluding hydrogens is 226 g/mol. The molecule has 1 atom stereocenters. The van der Waals surface area contributed by atoms with Crippen LogP contribution in [0.25, 0.3) is 0 Å². The first-order chi connectivity index (χ1) is 8.70. The fourth-order valence-electron chi connectivity index (χ4n) is 2.18. The number of nitrogens with one attached hydrogen (secondary N) is 1. The normalized spacial score (nSPS) is 17.3. The van der Waals surface area contributed by atoms with E-state index in [-0.39, 0.29) is 0 Å². The second kappa shape index (κ2) is 6.29. The molecule has 0 spiro atoms. The summed E-state index contributed by atoms with van der Waals surface area (Å²) >= 11 is 0. The molecule has 1 heterocycles. The predicted molar refractivity (Wildman–Crippen MR) is 72.2 cm³/mol.